The van der Waals surface area contributed by atoms with Crippen molar-refractivity contribution < 1.29 is 5.11 Å². The molecule has 0 saturated carbocycles. The van der Waals surface area contributed by atoms with Gasteiger partial charge in [-0.15, -0.1) is 6.58 Å². The number of hydrogen-bond acceptors (Lipinski definition) is 3. The van der Waals surface area contributed by atoms with Gasteiger partial charge in [0.25, 0.3) is 0 Å². The Morgan fingerprint density at radius 2 is 1.61 bits per heavy atom. The van der Waals surface area contributed by atoms with E-state index in [1.54, 1.807) is 0 Å². The van der Waals surface area contributed by atoms with Crippen molar-refractivity contribution in [2.24, 2.45) is 22.6 Å². The standard InChI is InChI=1S/C28H36N2O/c1-6-14-21(3)22(4)27(28(5,31)19-7-2)30-26(24-17-12-9-13-18-24)20-25(29)23-15-10-8-11-16-23/h6-13,15-22,27,31H,1,14,29H2,2-5H3/b19-7-,25-20?,30-26?/t21?,22-,27-,28+/m1/s1. The van der Waals surface area contributed by atoms with Gasteiger partial charge >= 0.3 is 0 Å². The van der Waals surface area contributed by atoms with Gasteiger partial charge in [0, 0.05) is 5.70 Å². The summed E-state index contributed by atoms with van der Waals surface area (Å²) in [5, 5.41) is 11.3. The number of allylic oxidation sites excluding steroid dienone is 3. The first-order valence-corrected chi connectivity index (χ1v) is 10.9. The van der Waals surface area contributed by atoms with E-state index in [-0.39, 0.29) is 12.0 Å². The predicted molar refractivity (Wildman–Crippen MR) is 134 cm³/mol. The van der Waals surface area contributed by atoms with Crippen LogP contribution in [0.15, 0.2) is 96.5 Å². The van der Waals surface area contributed by atoms with Crippen LogP contribution in [0, 0.1) is 11.8 Å². The summed E-state index contributed by atoms with van der Waals surface area (Å²) in [6, 6.07) is 19.5. The molecule has 0 spiro atoms. The maximum Gasteiger partial charge on any atom is 0.102 e. The van der Waals surface area contributed by atoms with Gasteiger partial charge in [0.2, 0.25) is 0 Å². The zero-order chi connectivity index (χ0) is 22.9. The molecule has 3 nitrogen and oxygen atoms in total. The van der Waals surface area contributed by atoms with Crippen LogP contribution in [0.3, 0.4) is 0 Å². The molecule has 3 N–H and O–H groups in total. The Morgan fingerprint density at radius 3 is 2.13 bits per heavy atom. The lowest BCUT2D eigenvalue weighted by molar-refractivity contribution is 0.0515. The number of hydrogen-bond donors (Lipinski definition) is 2. The van der Waals surface area contributed by atoms with Crippen LogP contribution < -0.4 is 5.73 Å². The second-order valence-corrected chi connectivity index (χ2v) is 8.38. The second-order valence-electron chi connectivity index (χ2n) is 8.38. The monoisotopic (exact) mass is 416 g/mol. The van der Waals surface area contributed by atoms with Gasteiger partial charge in [-0.2, -0.15) is 0 Å². The van der Waals surface area contributed by atoms with E-state index in [4.69, 9.17) is 10.7 Å². The van der Waals surface area contributed by atoms with Crippen LogP contribution in [0.4, 0.5) is 0 Å². The van der Waals surface area contributed by atoms with Crippen molar-refractivity contribution in [3.05, 3.63) is 103 Å². The summed E-state index contributed by atoms with van der Waals surface area (Å²) in [4.78, 5) is 5.13. The Hall–Kier alpha value is -2.91. The first-order chi connectivity index (χ1) is 14.8. The molecule has 0 aliphatic carbocycles. The van der Waals surface area contributed by atoms with Gasteiger partial charge in [-0.1, -0.05) is 92.7 Å². The van der Waals surface area contributed by atoms with Gasteiger partial charge in [-0.25, -0.2) is 0 Å². The second kappa shape index (κ2) is 11.5. The van der Waals surface area contributed by atoms with Crippen LogP contribution in [-0.4, -0.2) is 22.5 Å². The van der Waals surface area contributed by atoms with Crippen molar-refractivity contribution >= 4 is 11.4 Å². The van der Waals surface area contributed by atoms with Crippen LogP contribution >= 0.6 is 0 Å². The summed E-state index contributed by atoms with van der Waals surface area (Å²) in [5.74, 6) is 0.435. The third kappa shape index (κ3) is 6.80. The van der Waals surface area contributed by atoms with Crippen LogP contribution in [0.2, 0.25) is 0 Å². The lowest BCUT2D eigenvalue weighted by Crippen LogP contribution is -2.43. The highest BCUT2D eigenvalue weighted by atomic mass is 16.3. The summed E-state index contributed by atoms with van der Waals surface area (Å²) in [5.41, 5.74) is 8.65. The van der Waals surface area contributed by atoms with Gasteiger partial charge in [-0.3, -0.25) is 4.99 Å². The maximum absolute atomic E-state index is 11.3. The van der Waals surface area contributed by atoms with Crippen LogP contribution in [0.5, 0.6) is 0 Å². The highest BCUT2D eigenvalue weighted by Crippen LogP contribution is 2.31. The topological polar surface area (TPSA) is 58.6 Å². The lowest BCUT2D eigenvalue weighted by Gasteiger charge is -2.35. The Balaban J connectivity index is 2.63. The minimum Gasteiger partial charge on any atom is -0.398 e. The van der Waals surface area contributed by atoms with Crippen LogP contribution in [-0.2, 0) is 0 Å². The quantitative estimate of drug-likeness (QED) is 0.367. The fraction of sp³-hybridized carbons (Fsp3) is 0.321. The average molecular weight is 417 g/mol. The highest BCUT2D eigenvalue weighted by molar-refractivity contribution is 6.12. The highest BCUT2D eigenvalue weighted by Gasteiger charge is 2.36. The number of rotatable bonds is 10. The molecule has 2 rings (SSSR count). The van der Waals surface area contributed by atoms with Gasteiger partial charge in [0.05, 0.1) is 11.8 Å². The number of nitrogens with zero attached hydrogens (tertiary/aromatic N) is 1. The number of nitrogens with two attached hydrogens (primary N) is 1. The minimum absolute atomic E-state index is 0.120. The summed E-state index contributed by atoms with van der Waals surface area (Å²) in [6.45, 7) is 11.9. The minimum atomic E-state index is -1.10. The molecule has 4 atom stereocenters. The first-order valence-electron chi connectivity index (χ1n) is 10.9. The molecule has 0 radical (unpaired) electrons. The SMILES string of the molecule is C=CCC(C)[C@@H](C)[C@@H](N=C(C=C(N)c1ccccc1)c1ccccc1)[C@@](C)(O)/C=C\C. The Bertz CT molecular complexity index is 911. The van der Waals surface area contributed by atoms with E-state index in [1.807, 2.05) is 98.8 Å². The Kier molecular flexibility index (Phi) is 9.02. The first kappa shape index (κ1) is 24.4. The molecule has 0 saturated heterocycles. The van der Waals surface area contributed by atoms with Gasteiger partial charge in [0.15, 0.2) is 0 Å². The van der Waals surface area contributed by atoms with Crippen molar-refractivity contribution in [1.82, 2.24) is 0 Å². The van der Waals surface area contributed by atoms with Gasteiger partial charge < -0.3 is 10.8 Å². The largest absolute Gasteiger partial charge is 0.398 e. The van der Waals surface area contributed by atoms with Crippen molar-refractivity contribution in [2.45, 2.75) is 45.8 Å². The number of benzene rings is 2. The van der Waals surface area contributed by atoms with Crippen LogP contribution in [0.25, 0.3) is 5.70 Å². The average Bonchev–Trinajstić information content (AvgIpc) is 2.77. The summed E-state index contributed by atoms with van der Waals surface area (Å²) in [6.07, 6.45) is 8.41. The Morgan fingerprint density at radius 1 is 1.06 bits per heavy atom. The van der Waals surface area contributed by atoms with E-state index in [9.17, 15) is 5.11 Å². The van der Waals surface area contributed by atoms with E-state index < -0.39 is 5.60 Å². The molecule has 0 amide bonds. The maximum atomic E-state index is 11.3. The third-order valence-electron chi connectivity index (χ3n) is 5.78. The number of aliphatic imine (C=N–C) groups is 1. The zero-order valence-electron chi connectivity index (χ0n) is 19.2. The summed E-state index contributed by atoms with van der Waals surface area (Å²) >= 11 is 0. The van der Waals surface area contributed by atoms with Crippen molar-refractivity contribution in [2.75, 3.05) is 0 Å². The smallest absolute Gasteiger partial charge is 0.102 e. The summed E-state index contributed by atoms with van der Waals surface area (Å²) < 4.78 is 0. The fourth-order valence-corrected chi connectivity index (χ4v) is 3.82. The molecule has 0 aliphatic heterocycles. The Labute approximate surface area is 187 Å². The molecule has 0 fully saturated rings. The van der Waals surface area contributed by atoms with E-state index in [1.165, 1.54) is 0 Å². The van der Waals surface area contributed by atoms with Crippen molar-refractivity contribution in [3.63, 3.8) is 0 Å². The molecule has 0 aromatic heterocycles. The zero-order valence-corrected chi connectivity index (χ0v) is 19.2. The van der Waals surface area contributed by atoms with Gasteiger partial charge in [-0.05, 0) is 49.3 Å². The normalized spacial score (nSPS) is 17.7. The predicted octanol–water partition coefficient (Wildman–Crippen LogP) is 6.02. The van der Waals surface area contributed by atoms with E-state index >= 15 is 0 Å². The van der Waals surface area contributed by atoms with E-state index in [0.29, 0.717) is 11.6 Å². The van der Waals surface area contributed by atoms with E-state index in [2.05, 4.69) is 20.4 Å². The lowest BCUT2D eigenvalue weighted by atomic mass is 9.78. The molecule has 1 unspecified atom stereocenters. The molecule has 0 aliphatic rings. The van der Waals surface area contributed by atoms with E-state index in [0.717, 1.165) is 23.3 Å². The fourth-order valence-electron chi connectivity index (χ4n) is 3.82. The number of aliphatic hydroxyl groups is 1. The molecular weight excluding hydrogens is 380 g/mol. The molecule has 164 valence electrons. The van der Waals surface area contributed by atoms with Gasteiger partial charge in [0.1, 0.15) is 5.60 Å². The molecule has 31 heavy (non-hydrogen) atoms. The van der Waals surface area contributed by atoms with Crippen molar-refractivity contribution in [3.8, 4) is 0 Å². The molecular formula is C28H36N2O. The van der Waals surface area contributed by atoms with Crippen molar-refractivity contribution in [1.29, 1.82) is 0 Å². The molecule has 0 heterocycles. The molecule has 0 bridgehead atoms. The third-order valence-corrected chi connectivity index (χ3v) is 5.78. The summed E-state index contributed by atoms with van der Waals surface area (Å²) in [7, 11) is 0. The molecule has 2 aromatic rings. The van der Waals surface area contributed by atoms with Crippen LogP contribution in [0.1, 0.15) is 45.2 Å². The molecule has 2 aromatic carbocycles. The molecule has 3 heteroatoms.